The molecule has 4 unspecified atom stereocenters. The molecule has 1 fully saturated rings. The lowest BCUT2D eigenvalue weighted by Crippen LogP contribution is -2.52. The number of pyridine rings is 2. The number of hydrogen-bond donors (Lipinski definition) is 3. The third kappa shape index (κ3) is 8.85. The van der Waals surface area contributed by atoms with Crippen molar-refractivity contribution in [2.24, 2.45) is 10.7 Å². The molecule has 1 aromatic carbocycles. The quantitative estimate of drug-likeness (QED) is 0.168. The molecule has 4 N–H and O–H groups in total. The topological polar surface area (TPSA) is 129 Å². The summed E-state index contributed by atoms with van der Waals surface area (Å²) in [6.45, 7) is 7.58. The minimum Gasteiger partial charge on any atom is -0.394 e. The van der Waals surface area contributed by atoms with Crippen LogP contribution < -0.4 is 5.73 Å². The Balaban J connectivity index is 0.000000162. The number of likely N-dealkylation sites (N-methyl/N-ethyl adjacent to an activating group) is 1. The van der Waals surface area contributed by atoms with Crippen LogP contribution in [0, 0.1) is 0 Å². The summed E-state index contributed by atoms with van der Waals surface area (Å²) in [5, 5.41) is 10.4. The molecule has 0 spiro atoms. The van der Waals surface area contributed by atoms with Gasteiger partial charge < -0.3 is 30.5 Å². The molecule has 57 heavy (non-hydrogen) atoms. The number of hydrogen-bond acceptors (Lipinski definition) is 11. The molecule has 9 rings (SSSR count). The number of nitrogens with zero attached hydrogens (tertiary/aromatic N) is 9. The molecule has 0 radical (unpaired) electrons. The fourth-order valence-electron chi connectivity index (χ4n) is 9.46. The summed E-state index contributed by atoms with van der Waals surface area (Å²) in [5.41, 5.74) is 14.2. The number of allylic oxidation sites excluding steroid dienone is 2. The highest BCUT2D eigenvalue weighted by Gasteiger charge is 2.40. The first-order valence-electron chi connectivity index (χ1n) is 21.2. The summed E-state index contributed by atoms with van der Waals surface area (Å²) in [5.74, 6) is 2.23. The maximum absolute atomic E-state index is 10.4. The van der Waals surface area contributed by atoms with Crippen LogP contribution in [0.3, 0.4) is 0 Å². The Kier molecular flexibility index (Phi) is 12.7. The molecular formula is C45H61N11O. The summed E-state index contributed by atoms with van der Waals surface area (Å²) in [4.78, 5) is 34.9. The molecule has 3 aromatic heterocycles. The van der Waals surface area contributed by atoms with Crippen molar-refractivity contribution in [3.8, 4) is 0 Å². The number of fused-ring (bicyclic) bond motifs is 4. The molecule has 3 aliphatic heterocycles. The van der Waals surface area contributed by atoms with Gasteiger partial charge in [-0.15, -0.1) is 0 Å². The number of nitrogens with two attached hydrogens (primary N) is 1. The summed E-state index contributed by atoms with van der Waals surface area (Å²) in [6.07, 6.45) is 19.4. The first-order valence-corrected chi connectivity index (χ1v) is 21.2. The highest BCUT2D eigenvalue weighted by Crippen LogP contribution is 2.36. The van der Waals surface area contributed by atoms with Crippen LogP contribution >= 0.6 is 0 Å². The molecule has 2 aliphatic carbocycles. The third-order valence-corrected chi connectivity index (χ3v) is 12.5. The van der Waals surface area contributed by atoms with E-state index < -0.39 is 0 Å². The van der Waals surface area contributed by atoms with Crippen molar-refractivity contribution < 1.29 is 5.11 Å². The van der Waals surface area contributed by atoms with Crippen molar-refractivity contribution >= 4 is 16.7 Å². The van der Waals surface area contributed by atoms with Crippen LogP contribution in [0.5, 0.6) is 0 Å². The van der Waals surface area contributed by atoms with Gasteiger partial charge in [0.15, 0.2) is 0 Å². The van der Waals surface area contributed by atoms with Crippen molar-refractivity contribution in [2.45, 2.75) is 82.2 Å². The lowest BCUT2D eigenvalue weighted by molar-refractivity contribution is 0.105. The van der Waals surface area contributed by atoms with Gasteiger partial charge >= 0.3 is 0 Å². The molecule has 0 saturated carbocycles. The molecule has 1 saturated heterocycles. The monoisotopic (exact) mass is 772 g/mol. The number of aromatic nitrogens is 4. The van der Waals surface area contributed by atoms with Crippen molar-refractivity contribution in [1.82, 2.24) is 44.4 Å². The maximum atomic E-state index is 10.4. The van der Waals surface area contributed by atoms with Crippen LogP contribution in [-0.2, 0) is 19.4 Å². The van der Waals surface area contributed by atoms with Crippen molar-refractivity contribution in [1.29, 1.82) is 0 Å². The number of rotatable bonds is 12. The Morgan fingerprint density at radius 3 is 2.32 bits per heavy atom. The second-order valence-corrected chi connectivity index (χ2v) is 16.3. The van der Waals surface area contributed by atoms with Crippen LogP contribution in [-0.4, -0.2) is 134 Å². The van der Waals surface area contributed by atoms with Gasteiger partial charge in [-0.2, -0.15) is 0 Å². The molecule has 0 amide bonds. The second kappa shape index (κ2) is 18.4. The lowest BCUT2D eigenvalue weighted by atomic mass is 9.90. The number of para-hydroxylation sites is 2. The predicted octanol–water partition coefficient (Wildman–Crippen LogP) is 5.07. The molecule has 6 heterocycles. The van der Waals surface area contributed by atoms with Gasteiger partial charge in [-0.1, -0.05) is 30.3 Å². The Bertz CT molecular complexity index is 2000. The molecule has 12 nitrogen and oxygen atoms in total. The van der Waals surface area contributed by atoms with Crippen molar-refractivity contribution in [3.05, 3.63) is 113 Å². The number of aliphatic imine (C=N–C) groups is 1. The van der Waals surface area contributed by atoms with E-state index in [1.165, 1.54) is 41.2 Å². The zero-order valence-corrected chi connectivity index (χ0v) is 33.9. The van der Waals surface area contributed by atoms with E-state index in [1.54, 1.807) is 0 Å². The number of unbranched alkanes of at least 4 members (excludes halogenated alkanes) is 1. The molecular weight excluding hydrogens is 711 g/mol. The summed E-state index contributed by atoms with van der Waals surface area (Å²) in [6, 6.07) is 17.4. The highest BCUT2D eigenvalue weighted by atomic mass is 16.3. The number of piperazine rings is 1. The first-order chi connectivity index (χ1) is 28.0. The summed E-state index contributed by atoms with van der Waals surface area (Å²) < 4.78 is 0. The van der Waals surface area contributed by atoms with Gasteiger partial charge in [0, 0.05) is 45.1 Å². The van der Waals surface area contributed by atoms with Gasteiger partial charge in [-0.3, -0.25) is 24.8 Å². The van der Waals surface area contributed by atoms with Gasteiger partial charge in [0.05, 0.1) is 59.4 Å². The Morgan fingerprint density at radius 1 is 0.877 bits per heavy atom. The predicted molar refractivity (Wildman–Crippen MR) is 227 cm³/mol. The fourth-order valence-corrected chi connectivity index (χ4v) is 9.46. The van der Waals surface area contributed by atoms with Gasteiger partial charge in [-0.25, -0.2) is 4.98 Å². The van der Waals surface area contributed by atoms with E-state index >= 15 is 0 Å². The van der Waals surface area contributed by atoms with Crippen LogP contribution in [0.25, 0.3) is 11.0 Å². The summed E-state index contributed by atoms with van der Waals surface area (Å²) in [7, 11) is 4.35. The number of aliphatic hydroxyl groups excluding tert-OH is 1. The SMILES string of the molecule is CN1CCN(C2=CC=CC3N=C(CN(C)C4CCCc5cccnc54)C(CO)N23)CC1.NCCCCN(Cc1nc2ccccc2[nH]1)C1CCCc2cccnc21. The normalized spacial score (nSPS) is 23.2. The Hall–Kier alpha value is -4.46. The van der Waals surface area contributed by atoms with Crippen LogP contribution in [0.2, 0.25) is 0 Å². The maximum Gasteiger partial charge on any atom is 0.142 e. The minimum atomic E-state index is -0.0740. The Labute approximate surface area is 338 Å². The number of aliphatic hydroxyl groups is 1. The summed E-state index contributed by atoms with van der Waals surface area (Å²) >= 11 is 0. The zero-order chi connectivity index (χ0) is 39.1. The van der Waals surface area contributed by atoms with E-state index in [1.807, 2.05) is 30.6 Å². The van der Waals surface area contributed by atoms with Gasteiger partial charge in [-0.05, 0) is 126 Å². The highest BCUT2D eigenvalue weighted by molar-refractivity contribution is 5.93. The van der Waals surface area contributed by atoms with Gasteiger partial charge in [0.1, 0.15) is 17.8 Å². The standard InChI is InChI=1S/C24H34N6O.C21H27N5/c1-27-12-14-29(15-13-27)23-10-4-9-22-26-19(21(17-31)30(22)23)16-28(2)20-8-3-6-18-7-5-11-25-24(18)20;22-12-3-4-14-26(15-20-24-17-9-1-2-10-18(17)25-20)19-11-5-7-16-8-6-13-23-21(16)19/h4-5,7,9-11,20-22,31H,3,6,8,12-17H2,1-2H3;1-2,6,8-10,13,19H,3-5,7,11-12,14-15,22H2,(H,24,25). The average Bonchev–Trinajstić information content (AvgIpc) is 3.83. The number of aromatic amines is 1. The van der Waals surface area contributed by atoms with E-state index in [-0.39, 0.29) is 18.8 Å². The number of imidazole rings is 1. The Morgan fingerprint density at radius 2 is 1.60 bits per heavy atom. The molecule has 4 aromatic rings. The second-order valence-electron chi connectivity index (χ2n) is 16.3. The smallest absolute Gasteiger partial charge is 0.142 e. The number of H-pyrrole nitrogens is 1. The minimum absolute atomic E-state index is 0.0167. The molecule has 302 valence electrons. The van der Waals surface area contributed by atoms with Crippen LogP contribution in [0.4, 0.5) is 0 Å². The van der Waals surface area contributed by atoms with E-state index in [0.29, 0.717) is 12.1 Å². The van der Waals surface area contributed by atoms with Crippen LogP contribution in [0.1, 0.15) is 78.9 Å². The molecule has 12 heteroatoms. The van der Waals surface area contributed by atoms with Gasteiger partial charge in [0.2, 0.25) is 0 Å². The number of aryl methyl sites for hydroxylation is 2. The third-order valence-electron chi connectivity index (χ3n) is 12.5. The number of nitrogens with one attached hydrogen (secondary N) is 1. The van der Waals surface area contributed by atoms with E-state index in [4.69, 9.17) is 25.7 Å². The fraction of sp³-hybridized carbons (Fsp3) is 0.511. The van der Waals surface area contributed by atoms with Gasteiger partial charge in [0.25, 0.3) is 0 Å². The van der Waals surface area contributed by atoms with E-state index in [0.717, 1.165) is 113 Å². The number of benzene rings is 1. The largest absolute Gasteiger partial charge is 0.394 e. The van der Waals surface area contributed by atoms with Crippen molar-refractivity contribution in [2.75, 3.05) is 66.5 Å². The molecule has 4 atom stereocenters. The van der Waals surface area contributed by atoms with Crippen molar-refractivity contribution in [3.63, 3.8) is 0 Å². The average molecular weight is 772 g/mol. The van der Waals surface area contributed by atoms with E-state index in [9.17, 15) is 5.11 Å². The lowest BCUT2D eigenvalue weighted by Gasteiger charge is -2.43. The first kappa shape index (κ1) is 39.4. The molecule has 0 bridgehead atoms. The molecule has 5 aliphatic rings. The van der Waals surface area contributed by atoms with Crippen LogP contribution in [0.15, 0.2) is 90.0 Å². The zero-order valence-electron chi connectivity index (χ0n) is 33.9. The van der Waals surface area contributed by atoms with E-state index in [2.05, 4.69) is 92.1 Å².